The van der Waals surface area contributed by atoms with Crippen LogP contribution >= 0.6 is 23.2 Å². The number of nitriles is 1. The van der Waals surface area contributed by atoms with E-state index < -0.39 is 0 Å². The summed E-state index contributed by atoms with van der Waals surface area (Å²) >= 11 is 14.4. The number of halogens is 2. The fraction of sp³-hybridized carbons (Fsp3) is 0.552. The topological polar surface area (TPSA) is 27.0 Å². The molecule has 33 heavy (non-hydrogen) atoms. The minimum absolute atomic E-state index is 0.187. The van der Waals surface area contributed by atoms with E-state index in [2.05, 4.69) is 60.5 Å². The van der Waals surface area contributed by atoms with Crippen molar-refractivity contribution in [2.75, 3.05) is 13.6 Å². The third kappa shape index (κ3) is 6.75. The molecule has 2 saturated carbocycles. The van der Waals surface area contributed by atoms with Crippen molar-refractivity contribution in [1.82, 2.24) is 4.90 Å². The Bertz CT molecular complexity index is 867. The van der Waals surface area contributed by atoms with Crippen molar-refractivity contribution in [1.29, 1.82) is 5.26 Å². The second kappa shape index (κ2) is 12.3. The molecule has 0 unspecified atom stereocenters. The van der Waals surface area contributed by atoms with Crippen LogP contribution in [0.4, 0.5) is 0 Å². The van der Waals surface area contributed by atoms with E-state index in [0.717, 1.165) is 51.6 Å². The van der Waals surface area contributed by atoms with E-state index in [-0.39, 0.29) is 9.75 Å². The van der Waals surface area contributed by atoms with Crippen molar-refractivity contribution in [2.45, 2.75) is 87.4 Å². The molecule has 0 heterocycles. The summed E-state index contributed by atoms with van der Waals surface area (Å²) in [5, 5.41) is 7.32. The van der Waals surface area contributed by atoms with Gasteiger partial charge < -0.3 is 4.90 Å². The first-order valence-corrected chi connectivity index (χ1v) is 13.2. The molecular weight excluding hydrogens is 447 g/mol. The lowest BCUT2D eigenvalue weighted by molar-refractivity contribution is 0.321. The summed E-state index contributed by atoms with van der Waals surface area (Å²) < 4.78 is 0. The SMILES string of the molecule is CC#N.CN(CCCc1c(C2(Cl)CCCC2)cccc1C1(Cl)CCCC1)Cc1ccccc1. The summed E-state index contributed by atoms with van der Waals surface area (Å²) in [6.07, 6.45) is 11.5. The van der Waals surface area contributed by atoms with Crippen LogP contribution in [0.15, 0.2) is 48.5 Å². The summed E-state index contributed by atoms with van der Waals surface area (Å²) in [6.45, 7) is 3.50. The summed E-state index contributed by atoms with van der Waals surface area (Å²) in [5.41, 5.74) is 5.57. The normalized spacial score (nSPS) is 18.5. The van der Waals surface area contributed by atoms with E-state index in [9.17, 15) is 0 Å². The van der Waals surface area contributed by atoms with Crippen molar-refractivity contribution in [3.63, 3.8) is 0 Å². The number of nitrogens with zero attached hydrogens (tertiary/aromatic N) is 2. The smallest absolute Gasteiger partial charge is 0.0697 e. The fourth-order valence-electron chi connectivity index (χ4n) is 5.61. The molecule has 0 aromatic heterocycles. The van der Waals surface area contributed by atoms with Crippen LogP contribution < -0.4 is 0 Å². The zero-order valence-corrected chi connectivity index (χ0v) is 21.8. The average Bonchev–Trinajstić information content (AvgIpc) is 3.45. The Morgan fingerprint density at radius 1 is 0.848 bits per heavy atom. The zero-order chi connectivity index (χ0) is 23.7. The summed E-state index contributed by atoms with van der Waals surface area (Å²) in [7, 11) is 2.22. The lowest BCUT2D eigenvalue weighted by Crippen LogP contribution is -2.24. The molecule has 2 fully saturated rings. The van der Waals surface area contributed by atoms with Gasteiger partial charge in [0.15, 0.2) is 0 Å². The minimum Gasteiger partial charge on any atom is -0.302 e. The third-order valence-corrected chi connectivity index (χ3v) is 8.36. The van der Waals surface area contributed by atoms with Crippen molar-refractivity contribution < 1.29 is 0 Å². The average molecular weight is 486 g/mol. The monoisotopic (exact) mass is 484 g/mol. The number of benzene rings is 2. The first-order valence-electron chi connectivity index (χ1n) is 12.5. The molecule has 2 nitrogen and oxygen atoms in total. The molecule has 0 amide bonds. The predicted octanol–water partition coefficient (Wildman–Crippen LogP) is 8.30. The first kappa shape index (κ1) is 26.1. The zero-order valence-electron chi connectivity index (χ0n) is 20.3. The first-order chi connectivity index (χ1) is 15.9. The molecule has 0 aliphatic heterocycles. The van der Waals surface area contributed by atoms with Crippen LogP contribution in [0.5, 0.6) is 0 Å². The third-order valence-electron chi connectivity index (χ3n) is 7.20. The van der Waals surface area contributed by atoms with Crippen molar-refractivity contribution in [3.8, 4) is 6.07 Å². The maximum Gasteiger partial charge on any atom is 0.0697 e. The van der Waals surface area contributed by atoms with Gasteiger partial charge in [0.05, 0.1) is 15.8 Å². The maximum absolute atomic E-state index is 7.32. The van der Waals surface area contributed by atoms with E-state index in [1.54, 1.807) is 6.07 Å². The molecule has 0 N–H and O–H groups in total. The van der Waals surface area contributed by atoms with Gasteiger partial charge in [0.2, 0.25) is 0 Å². The summed E-state index contributed by atoms with van der Waals surface area (Å²) in [5.74, 6) is 0. The molecule has 4 rings (SSSR count). The molecule has 0 radical (unpaired) electrons. The van der Waals surface area contributed by atoms with Crippen LogP contribution in [0.25, 0.3) is 0 Å². The van der Waals surface area contributed by atoms with Crippen LogP contribution in [0, 0.1) is 11.3 Å². The number of rotatable bonds is 8. The van der Waals surface area contributed by atoms with Gasteiger partial charge in [0.1, 0.15) is 0 Å². The Morgan fingerprint density at radius 2 is 1.33 bits per heavy atom. The van der Waals surface area contributed by atoms with Gasteiger partial charge in [-0.15, -0.1) is 23.2 Å². The highest BCUT2D eigenvalue weighted by Crippen LogP contribution is 2.51. The van der Waals surface area contributed by atoms with Crippen molar-refractivity contribution in [2.24, 2.45) is 0 Å². The van der Waals surface area contributed by atoms with E-state index in [1.807, 2.05) is 0 Å². The van der Waals surface area contributed by atoms with Crippen LogP contribution in [0.1, 0.15) is 87.0 Å². The van der Waals surface area contributed by atoms with Crippen LogP contribution in [-0.4, -0.2) is 18.5 Å². The molecule has 2 aromatic rings. The largest absolute Gasteiger partial charge is 0.302 e. The Balaban J connectivity index is 0.000000968. The molecule has 2 aliphatic carbocycles. The number of hydrogen-bond acceptors (Lipinski definition) is 2. The number of hydrogen-bond donors (Lipinski definition) is 0. The minimum atomic E-state index is -0.187. The molecule has 0 saturated heterocycles. The van der Waals surface area contributed by atoms with Gasteiger partial charge in [-0.2, -0.15) is 5.26 Å². The molecule has 2 aliphatic rings. The Hall–Kier alpha value is -1.53. The van der Waals surface area contributed by atoms with Crippen molar-refractivity contribution >= 4 is 23.2 Å². The fourth-order valence-corrected chi connectivity index (χ4v) is 6.49. The maximum atomic E-state index is 7.32. The second-order valence-corrected chi connectivity index (χ2v) is 11.2. The Morgan fingerprint density at radius 3 is 1.82 bits per heavy atom. The summed E-state index contributed by atoms with van der Waals surface area (Å²) in [4.78, 5) is 2.05. The van der Waals surface area contributed by atoms with Gasteiger partial charge in [-0.3, -0.25) is 0 Å². The van der Waals surface area contributed by atoms with Crippen LogP contribution in [-0.2, 0) is 22.7 Å². The highest BCUT2D eigenvalue weighted by atomic mass is 35.5. The quantitative estimate of drug-likeness (QED) is 0.352. The Labute approximate surface area is 210 Å². The lowest BCUT2D eigenvalue weighted by atomic mass is 9.82. The van der Waals surface area contributed by atoms with Crippen LogP contribution in [0.3, 0.4) is 0 Å². The number of alkyl halides is 2. The molecule has 4 heteroatoms. The van der Waals surface area contributed by atoms with Crippen molar-refractivity contribution in [3.05, 3.63) is 70.8 Å². The van der Waals surface area contributed by atoms with E-state index in [0.29, 0.717) is 0 Å². The van der Waals surface area contributed by atoms with Gasteiger partial charge in [-0.1, -0.05) is 74.2 Å². The predicted molar refractivity (Wildman–Crippen MR) is 141 cm³/mol. The highest BCUT2D eigenvalue weighted by Gasteiger charge is 2.40. The van der Waals surface area contributed by atoms with Crippen LogP contribution in [0.2, 0.25) is 0 Å². The van der Waals surface area contributed by atoms with Gasteiger partial charge >= 0.3 is 0 Å². The van der Waals surface area contributed by atoms with Gasteiger partial charge in [0, 0.05) is 13.5 Å². The van der Waals surface area contributed by atoms with Gasteiger partial charge in [0.25, 0.3) is 0 Å². The lowest BCUT2D eigenvalue weighted by Gasteiger charge is -2.31. The van der Waals surface area contributed by atoms with E-state index in [1.165, 1.54) is 54.9 Å². The molecule has 0 bridgehead atoms. The molecular formula is C29H38Cl2N2. The second-order valence-electron chi connectivity index (χ2n) is 9.73. The summed E-state index contributed by atoms with van der Waals surface area (Å²) in [6, 6.07) is 19.3. The molecule has 0 spiro atoms. The standard InChI is InChI=1S/C27H35Cl2N.C2H3N/c1-30(21-22-11-3-2-4-12-22)20-10-13-23-24(26(28)16-5-6-17-26)14-9-15-25(23)27(29)18-7-8-19-27;1-2-3/h2-4,9,11-12,14-15H,5-8,10,13,16-21H2,1H3;1H3. The van der Waals surface area contributed by atoms with Gasteiger partial charge in [-0.05, 0) is 74.4 Å². The van der Waals surface area contributed by atoms with E-state index in [4.69, 9.17) is 28.5 Å². The Kier molecular flexibility index (Phi) is 9.69. The molecule has 2 aromatic carbocycles. The molecule has 0 atom stereocenters. The van der Waals surface area contributed by atoms with Gasteiger partial charge in [-0.25, -0.2) is 0 Å². The van der Waals surface area contributed by atoms with E-state index >= 15 is 0 Å². The molecule has 178 valence electrons. The highest BCUT2D eigenvalue weighted by molar-refractivity contribution is 6.25.